The fourth-order valence-corrected chi connectivity index (χ4v) is 4.30. The first-order chi connectivity index (χ1) is 15.0. The van der Waals surface area contributed by atoms with Gasteiger partial charge in [-0.3, -0.25) is 19.8 Å². The fourth-order valence-electron chi connectivity index (χ4n) is 4.06. The van der Waals surface area contributed by atoms with Crippen molar-refractivity contribution >= 4 is 39.0 Å². The maximum Gasteiger partial charge on any atom is 0.292 e. The zero-order chi connectivity index (χ0) is 21.8. The van der Waals surface area contributed by atoms with Gasteiger partial charge in [0.1, 0.15) is 11.5 Å². The van der Waals surface area contributed by atoms with Crippen molar-refractivity contribution in [2.45, 2.75) is 0 Å². The summed E-state index contributed by atoms with van der Waals surface area (Å²) in [7, 11) is 0. The Bertz CT molecular complexity index is 925. The van der Waals surface area contributed by atoms with E-state index in [2.05, 4.69) is 30.7 Å². The minimum Gasteiger partial charge on any atom is -0.362 e. The quantitative estimate of drug-likeness (QED) is 0.471. The molecule has 2 saturated heterocycles. The van der Waals surface area contributed by atoms with Crippen LogP contribution >= 0.6 is 15.9 Å². The molecule has 2 fully saturated rings. The van der Waals surface area contributed by atoms with Crippen LogP contribution in [0, 0.1) is 10.1 Å². The van der Waals surface area contributed by atoms with Crippen molar-refractivity contribution in [2.24, 2.45) is 0 Å². The number of piperazine rings is 2. The van der Waals surface area contributed by atoms with E-state index in [0.29, 0.717) is 38.4 Å². The van der Waals surface area contributed by atoms with Crippen LogP contribution < -0.4 is 9.80 Å². The maximum atomic E-state index is 12.8. The predicted octanol–water partition coefficient (Wildman–Crippen LogP) is 2.22. The third-order valence-electron chi connectivity index (χ3n) is 5.82. The fraction of sp³-hybridized carbons (Fsp3) is 0.429. The minimum absolute atomic E-state index is 0.111. The molecule has 0 N–H and O–H groups in total. The van der Waals surface area contributed by atoms with Gasteiger partial charge in [-0.15, -0.1) is 0 Å². The third kappa shape index (κ3) is 5.13. The summed E-state index contributed by atoms with van der Waals surface area (Å²) < 4.78 is 0.961. The Kier molecular flexibility index (Phi) is 6.67. The van der Waals surface area contributed by atoms with Crippen LogP contribution in [0.1, 0.15) is 0 Å². The number of benzene rings is 1. The molecule has 164 valence electrons. The second kappa shape index (κ2) is 9.61. The third-order valence-corrected chi connectivity index (χ3v) is 6.29. The second-order valence-electron chi connectivity index (χ2n) is 7.71. The SMILES string of the molecule is O=C(CN1CCN(c2ccc(Br)cn2)CC1)N1CCN(c2ccccc2[N+](=O)[O-])CC1. The van der Waals surface area contributed by atoms with E-state index in [0.717, 1.165) is 36.5 Å². The van der Waals surface area contributed by atoms with Crippen molar-refractivity contribution in [1.82, 2.24) is 14.8 Å². The van der Waals surface area contributed by atoms with Crippen LogP contribution in [0.5, 0.6) is 0 Å². The Balaban J connectivity index is 1.25. The first-order valence-corrected chi connectivity index (χ1v) is 11.2. The molecule has 0 bridgehead atoms. The first kappa shape index (κ1) is 21.5. The smallest absolute Gasteiger partial charge is 0.292 e. The number of aromatic nitrogens is 1. The van der Waals surface area contributed by atoms with E-state index in [1.54, 1.807) is 18.3 Å². The number of nitrogens with zero attached hydrogens (tertiary/aromatic N) is 6. The van der Waals surface area contributed by atoms with Gasteiger partial charge in [0.2, 0.25) is 5.91 Å². The van der Waals surface area contributed by atoms with E-state index < -0.39 is 0 Å². The number of hydrogen-bond donors (Lipinski definition) is 0. The summed E-state index contributed by atoms with van der Waals surface area (Å²) in [6.07, 6.45) is 1.80. The standard InChI is InChI=1S/C21H25BrN6O3/c22-17-5-6-20(23-15-17)26-9-7-24(8-10-26)16-21(29)27-13-11-25(12-14-27)18-3-1-2-4-19(18)28(30)31/h1-6,15H,7-14,16H2. The molecule has 2 aromatic rings. The highest BCUT2D eigenvalue weighted by molar-refractivity contribution is 9.10. The Morgan fingerprint density at radius 2 is 1.65 bits per heavy atom. The lowest BCUT2D eigenvalue weighted by Crippen LogP contribution is -2.54. The number of anilines is 2. The highest BCUT2D eigenvalue weighted by Crippen LogP contribution is 2.28. The molecule has 0 radical (unpaired) electrons. The van der Waals surface area contributed by atoms with Gasteiger partial charge in [0.05, 0.1) is 11.5 Å². The number of pyridine rings is 1. The Hall–Kier alpha value is -2.72. The topological polar surface area (TPSA) is 86.1 Å². The molecule has 2 aliphatic rings. The highest BCUT2D eigenvalue weighted by Gasteiger charge is 2.27. The Morgan fingerprint density at radius 1 is 0.968 bits per heavy atom. The Labute approximate surface area is 189 Å². The minimum atomic E-state index is -0.351. The molecular formula is C21H25BrN6O3. The van der Waals surface area contributed by atoms with Gasteiger partial charge < -0.3 is 14.7 Å². The lowest BCUT2D eigenvalue weighted by atomic mass is 10.2. The van der Waals surface area contributed by atoms with Crippen LogP contribution in [-0.2, 0) is 4.79 Å². The molecule has 2 aliphatic heterocycles. The second-order valence-corrected chi connectivity index (χ2v) is 8.63. The van der Waals surface area contributed by atoms with Gasteiger partial charge in [-0.05, 0) is 34.1 Å². The summed E-state index contributed by atoms with van der Waals surface area (Å²) >= 11 is 3.41. The molecule has 4 rings (SSSR count). The van der Waals surface area contributed by atoms with Crippen LogP contribution in [0.4, 0.5) is 17.2 Å². The number of amides is 1. The number of para-hydroxylation sites is 2. The monoisotopic (exact) mass is 488 g/mol. The van der Waals surface area contributed by atoms with Gasteiger partial charge in [0, 0.05) is 69.1 Å². The van der Waals surface area contributed by atoms with Crippen molar-refractivity contribution < 1.29 is 9.72 Å². The van der Waals surface area contributed by atoms with Crippen molar-refractivity contribution in [1.29, 1.82) is 0 Å². The molecule has 1 aromatic heterocycles. The summed E-state index contributed by atoms with van der Waals surface area (Å²) in [4.78, 5) is 36.5. The van der Waals surface area contributed by atoms with Gasteiger partial charge in [-0.1, -0.05) is 12.1 Å². The van der Waals surface area contributed by atoms with Crippen LogP contribution in [0.2, 0.25) is 0 Å². The van der Waals surface area contributed by atoms with E-state index in [9.17, 15) is 14.9 Å². The molecule has 10 heteroatoms. The molecule has 1 aromatic carbocycles. The largest absolute Gasteiger partial charge is 0.362 e. The number of rotatable bonds is 5. The van der Waals surface area contributed by atoms with Crippen LogP contribution in [0.3, 0.4) is 0 Å². The molecule has 1 amide bonds. The number of nitro benzene ring substituents is 1. The molecule has 0 aliphatic carbocycles. The number of carbonyl (C=O) groups excluding carboxylic acids is 1. The molecule has 9 nitrogen and oxygen atoms in total. The van der Waals surface area contributed by atoms with Gasteiger partial charge in [0.15, 0.2) is 0 Å². The van der Waals surface area contributed by atoms with E-state index in [1.165, 1.54) is 6.07 Å². The average molecular weight is 489 g/mol. The van der Waals surface area contributed by atoms with Crippen LogP contribution in [-0.4, -0.2) is 84.5 Å². The van der Waals surface area contributed by atoms with E-state index in [-0.39, 0.29) is 16.5 Å². The molecule has 0 spiro atoms. The zero-order valence-corrected chi connectivity index (χ0v) is 18.8. The van der Waals surface area contributed by atoms with E-state index >= 15 is 0 Å². The molecular weight excluding hydrogens is 464 g/mol. The normalized spacial score (nSPS) is 17.6. The van der Waals surface area contributed by atoms with Crippen molar-refractivity contribution in [2.75, 3.05) is 68.7 Å². The van der Waals surface area contributed by atoms with Crippen LogP contribution in [0.15, 0.2) is 47.1 Å². The molecule has 31 heavy (non-hydrogen) atoms. The zero-order valence-electron chi connectivity index (χ0n) is 17.2. The molecule has 3 heterocycles. The molecule has 0 atom stereocenters. The number of carbonyl (C=O) groups is 1. The van der Waals surface area contributed by atoms with Gasteiger partial charge in [-0.2, -0.15) is 0 Å². The predicted molar refractivity (Wildman–Crippen MR) is 122 cm³/mol. The van der Waals surface area contributed by atoms with E-state index in [4.69, 9.17) is 0 Å². The number of nitro groups is 1. The van der Waals surface area contributed by atoms with Crippen molar-refractivity contribution in [3.05, 3.63) is 57.2 Å². The highest BCUT2D eigenvalue weighted by atomic mass is 79.9. The molecule has 0 unspecified atom stereocenters. The maximum absolute atomic E-state index is 12.8. The number of halogens is 1. The summed E-state index contributed by atoms with van der Waals surface area (Å²) in [5.41, 5.74) is 0.734. The lowest BCUT2D eigenvalue weighted by Gasteiger charge is -2.38. The molecule has 0 saturated carbocycles. The van der Waals surface area contributed by atoms with Gasteiger partial charge in [0.25, 0.3) is 5.69 Å². The lowest BCUT2D eigenvalue weighted by molar-refractivity contribution is -0.384. The summed E-state index contributed by atoms with van der Waals surface area (Å²) in [6, 6.07) is 10.8. The summed E-state index contributed by atoms with van der Waals surface area (Å²) in [5, 5.41) is 11.3. The van der Waals surface area contributed by atoms with Crippen LogP contribution in [0.25, 0.3) is 0 Å². The van der Waals surface area contributed by atoms with Crippen molar-refractivity contribution in [3.63, 3.8) is 0 Å². The Morgan fingerprint density at radius 3 is 2.29 bits per heavy atom. The summed E-state index contributed by atoms with van der Waals surface area (Å²) in [6.45, 7) is 6.08. The summed E-state index contributed by atoms with van der Waals surface area (Å²) in [5.74, 6) is 1.08. The average Bonchev–Trinajstić information content (AvgIpc) is 2.80. The van der Waals surface area contributed by atoms with Gasteiger partial charge in [-0.25, -0.2) is 4.98 Å². The first-order valence-electron chi connectivity index (χ1n) is 10.4. The van der Waals surface area contributed by atoms with E-state index in [1.807, 2.05) is 28.0 Å². The van der Waals surface area contributed by atoms with Gasteiger partial charge >= 0.3 is 0 Å². The van der Waals surface area contributed by atoms with Crippen molar-refractivity contribution in [3.8, 4) is 0 Å². The number of hydrogen-bond acceptors (Lipinski definition) is 7.